The molecule has 3 rings (SSSR count). The molecule has 0 aromatic carbocycles. The second-order valence-corrected chi connectivity index (χ2v) is 3.98. The summed E-state index contributed by atoms with van der Waals surface area (Å²) in [6.45, 7) is 2.04. The van der Waals surface area contributed by atoms with Gasteiger partial charge in [-0.1, -0.05) is 6.07 Å². The number of fused-ring (bicyclic) bond motifs is 1. The zero-order valence-electron chi connectivity index (χ0n) is 9.83. The van der Waals surface area contributed by atoms with Gasteiger partial charge in [0.05, 0.1) is 23.3 Å². The molecule has 0 aliphatic rings. The first kappa shape index (κ1) is 10.6. The Bertz CT molecular complexity index is 648. The number of hydrogen-bond donors (Lipinski definition) is 2. The lowest BCUT2D eigenvalue weighted by atomic mass is 10.2. The summed E-state index contributed by atoms with van der Waals surface area (Å²) in [4.78, 5) is 12.6. The van der Waals surface area contributed by atoms with E-state index in [2.05, 4.69) is 30.5 Å². The van der Waals surface area contributed by atoms with Crippen LogP contribution in [0.3, 0.4) is 0 Å². The molecule has 0 bridgehead atoms. The van der Waals surface area contributed by atoms with Crippen molar-refractivity contribution in [2.45, 2.75) is 13.0 Å². The maximum atomic E-state index is 4.31. The molecule has 0 aliphatic heterocycles. The summed E-state index contributed by atoms with van der Waals surface area (Å²) in [6, 6.07) is 5.91. The highest BCUT2D eigenvalue weighted by atomic mass is 15.2. The molecule has 90 valence electrons. The molecule has 18 heavy (non-hydrogen) atoms. The molecule has 0 amide bonds. The summed E-state index contributed by atoms with van der Waals surface area (Å²) in [5, 5.41) is 11.0. The Balaban J connectivity index is 1.91. The van der Waals surface area contributed by atoms with Crippen molar-refractivity contribution in [1.82, 2.24) is 25.1 Å². The van der Waals surface area contributed by atoms with Crippen molar-refractivity contribution in [2.24, 2.45) is 0 Å². The quantitative estimate of drug-likeness (QED) is 0.731. The summed E-state index contributed by atoms with van der Waals surface area (Å²) in [5.74, 6) is 0.756. The van der Waals surface area contributed by atoms with Gasteiger partial charge in [0.1, 0.15) is 12.1 Å². The third-order valence-electron chi connectivity index (χ3n) is 2.73. The first-order chi connectivity index (χ1) is 8.84. The molecule has 6 nitrogen and oxygen atoms in total. The average molecular weight is 240 g/mol. The molecular formula is C12H12N6. The van der Waals surface area contributed by atoms with Crippen molar-refractivity contribution in [3.8, 4) is 0 Å². The van der Waals surface area contributed by atoms with E-state index in [1.165, 1.54) is 6.33 Å². The van der Waals surface area contributed by atoms with E-state index in [-0.39, 0.29) is 6.04 Å². The standard InChI is InChI=1S/C12H12N6/c1-8(10-4-2-3-5-13-10)17-11-9-6-16-18-12(9)15-7-14-11/h2-8H,1H3,(H2,14,15,16,17,18). The highest BCUT2D eigenvalue weighted by Gasteiger charge is 2.10. The van der Waals surface area contributed by atoms with Gasteiger partial charge in [-0.2, -0.15) is 5.10 Å². The Morgan fingerprint density at radius 2 is 2.17 bits per heavy atom. The zero-order chi connectivity index (χ0) is 12.4. The van der Waals surface area contributed by atoms with Crippen molar-refractivity contribution in [3.63, 3.8) is 0 Å². The van der Waals surface area contributed by atoms with E-state index in [0.29, 0.717) is 0 Å². The van der Waals surface area contributed by atoms with Gasteiger partial charge in [-0.15, -0.1) is 0 Å². The molecule has 2 N–H and O–H groups in total. The number of aromatic amines is 1. The predicted octanol–water partition coefficient (Wildman–Crippen LogP) is 1.92. The Morgan fingerprint density at radius 3 is 3.00 bits per heavy atom. The van der Waals surface area contributed by atoms with E-state index in [0.717, 1.165) is 22.5 Å². The molecule has 0 fully saturated rings. The maximum Gasteiger partial charge on any atom is 0.160 e. The summed E-state index contributed by atoms with van der Waals surface area (Å²) in [6.07, 6.45) is 5.00. The van der Waals surface area contributed by atoms with Crippen LogP contribution in [0.25, 0.3) is 11.0 Å². The lowest BCUT2D eigenvalue weighted by Gasteiger charge is -2.13. The van der Waals surface area contributed by atoms with Crippen LogP contribution in [0.2, 0.25) is 0 Å². The van der Waals surface area contributed by atoms with Crippen LogP contribution in [0, 0.1) is 0 Å². The smallest absolute Gasteiger partial charge is 0.160 e. The number of aromatic nitrogens is 5. The van der Waals surface area contributed by atoms with E-state index >= 15 is 0 Å². The van der Waals surface area contributed by atoms with Gasteiger partial charge in [0, 0.05) is 6.20 Å². The van der Waals surface area contributed by atoms with Gasteiger partial charge in [0.15, 0.2) is 5.65 Å². The maximum absolute atomic E-state index is 4.31. The first-order valence-corrected chi connectivity index (χ1v) is 5.66. The number of pyridine rings is 1. The van der Waals surface area contributed by atoms with Gasteiger partial charge in [-0.05, 0) is 19.1 Å². The minimum absolute atomic E-state index is 0.0687. The topological polar surface area (TPSA) is 79.4 Å². The molecule has 3 aromatic heterocycles. The van der Waals surface area contributed by atoms with Crippen LogP contribution in [0.15, 0.2) is 36.9 Å². The van der Waals surface area contributed by atoms with Crippen LogP contribution in [0.1, 0.15) is 18.7 Å². The zero-order valence-corrected chi connectivity index (χ0v) is 9.83. The summed E-state index contributed by atoms with van der Waals surface area (Å²) < 4.78 is 0. The molecule has 0 saturated carbocycles. The molecule has 3 aromatic rings. The third-order valence-corrected chi connectivity index (χ3v) is 2.73. The fraction of sp³-hybridized carbons (Fsp3) is 0.167. The van der Waals surface area contributed by atoms with Crippen LogP contribution in [-0.2, 0) is 0 Å². The number of H-pyrrole nitrogens is 1. The summed E-state index contributed by atoms with van der Waals surface area (Å²) in [7, 11) is 0. The van der Waals surface area contributed by atoms with Gasteiger partial charge < -0.3 is 5.32 Å². The minimum atomic E-state index is 0.0687. The monoisotopic (exact) mass is 240 g/mol. The number of hydrogen-bond acceptors (Lipinski definition) is 5. The molecule has 1 unspecified atom stereocenters. The normalized spacial score (nSPS) is 12.5. The van der Waals surface area contributed by atoms with E-state index in [1.807, 2.05) is 25.1 Å². The molecule has 0 spiro atoms. The van der Waals surface area contributed by atoms with Crippen LogP contribution < -0.4 is 5.32 Å². The highest BCUT2D eigenvalue weighted by molar-refractivity contribution is 5.85. The van der Waals surface area contributed by atoms with Crippen molar-refractivity contribution >= 4 is 16.9 Å². The Kier molecular flexibility index (Phi) is 2.60. The number of nitrogens with zero attached hydrogens (tertiary/aromatic N) is 4. The average Bonchev–Trinajstić information content (AvgIpc) is 2.89. The third kappa shape index (κ3) is 1.88. The van der Waals surface area contributed by atoms with Crippen LogP contribution in [0.5, 0.6) is 0 Å². The number of nitrogens with one attached hydrogen (secondary N) is 2. The molecule has 3 heterocycles. The fourth-order valence-corrected chi connectivity index (χ4v) is 1.79. The van der Waals surface area contributed by atoms with Crippen molar-refractivity contribution in [3.05, 3.63) is 42.6 Å². The largest absolute Gasteiger partial charge is 0.361 e. The second kappa shape index (κ2) is 4.40. The van der Waals surface area contributed by atoms with E-state index in [9.17, 15) is 0 Å². The van der Waals surface area contributed by atoms with Crippen LogP contribution >= 0.6 is 0 Å². The Labute approximate surface area is 104 Å². The van der Waals surface area contributed by atoms with Crippen molar-refractivity contribution in [1.29, 1.82) is 0 Å². The molecule has 0 saturated heterocycles. The van der Waals surface area contributed by atoms with Gasteiger partial charge in [0.25, 0.3) is 0 Å². The minimum Gasteiger partial charge on any atom is -0.361 e. The second-order valence-electron chi connectivity index (χ2n) is 3.98. The molecule has 0 aliphatic carbocycles. The summed E-state index contributed by atoms with van der Waals surface area (Å²) in [5.41, 5.74) is 1.69. The summed E-state index contributed by atoms with van der Waals surface area (Å²) >= 11 is 0. The SMILES string of the molecule is CC(Nc1ncnc2[nH]ncc12)c1ccccn1. The van der Waals surface area contributed by atoms with Crippen molar-refractivity contribution < 1.29 is 0 Å². The van der Waals surface area contributed by atoms with Crippen molar-refractivity contribution in [2.75, 3.05) is 5.32 Å². The van der Waals surface area contributed by atoms with Gasteiger partial charge >= 0.3 is 0 Å². The van der Waals surface area contributed by atoms with E-state index in [4.69, 9.17) is 0 Å². The highest BCUT2D eigenvalue weighted by Crippen LogP contribution is 2.21. The fourth-order valence-electron chi connectivity index (χ4n) is 1.79. The molecule has 0 radical (unpaired) electrons. The lowest BCUT2D eigenvalue weighted by molar-refractivity contribution is 0.833. The molecule has 6 heteroatoms. The predicted molar refractivity (Wildman–Crippen MR) is 68.0 cm³/mol. The van der Waals surface area contributed by atoms with E-state index in [1.54, 1.807) is 12.4 Å². The van der Waals surface area contributed by atoms with Crippen LogP contribution in [0.4, 0.5) is 5.82 Å². The van der Waals surface area contributed by atoms with Gasteiger partial charge in [-0.25, -0.2) is 9.97 Å². The van der Waals surface area contributed by atoms with Gasteiger partial charge in [0.2, 0.25) is 0 Å². The number of anilines is 1. The lowest BCUT2D eigenvalue weighted by Crippen LogP contribution is -2.09. The number of rotatable bonds is 3. The molecular weight excluding hydrogens is 228 g/mol. The molecule has 1 atom stereocenters. The van der Waals surface area contributed by atoms with E-state index < -0.39 is 0 Å². The van der Waals surface area contributed by atoms with Crippen LogP contribution in [-0.4, -0.2) is 25.1 Å². The Hall–Kier alpha value is -2.50. The van der Waals surface area contributed by atoms with Gasteiger partial charge in [-0.3, -0.25) is 10.1 Å². The Morgan fingerprint density at radius 1 is 1.22 bits per heavy atom. The first-order valence-electron chi connectivity index (χ1n) is 5.66.